The van der Waals surface area contributed by atoms with Crippen LogP contribution in [0, 0.1) is 0 Å². The lowest BCUT2D eigenvalue weighted by molar-refractivity contribution is 0.0791. The maximum Gasteiger partial charge on any atom is 0.253 e. The molecule has 1 aromatic heterocycles. The number of nitrogens with zero attached hydrogens (tertiary/aromatic N) is 2. The first-order valence-corrected chi connectivity index (χ1v) is 9.92. The minimum Gasteiger partial charge on any atom is -0.497 e. The van der Waals surface area contributed by atoms with Gasteiger partial charge < -0.3 is 18.8 Å². The monoisotopic (exact) mass is 394 g/mol. The zero-order valence-electron chi connectivity index (χ0n) is 17.3. The Bertz CT molecular complexity index is 1040. The highest BCUT2D eigenvalue weighted by molar-refractivity contribution is 5.97. The third-order valence-electron chi connectivity index (χ3n) is 5.50. The lowest BCUT2D eigenvalue weighted by Gasteiger charge is -2.18. The molecule has 1 fully saturated rings. The van der Waals surface area contributed by atoms with Crippen molar-refractivity contribution in [3.63, 3.8) is 0 Å². The van der Waals surface area contributed by atoms with E-state index in [4.69, 9.17) is 13.9 Å². The van der Waals surface area contributed by atoms with Crippen LogP contribution in [0.4, 0.5) is 0 Å². The van der Waals surface area contributed by atoms with Gasteiger partial charge in [-0.25, -0.2) is 4.98 Å². The average Bonchev–Trinajstić information content (AvgIpc) is 3.39. The van der Waals surface area contributed by atoms with Crippen molar-refractivity contribution >= 4 is 17.0 Å². The van der Waals surface area contributed by atoms with Gasteiger partial charge in [0, 0.05) is 36.1 Å². The van der Waals surface area contributed by atoms with Gasteiger partial charge in [0.2, 0.25) is 0 Å². The van der Waals surface area contributed by atoms with Crippen molar-refractivity contribution in [2.45, 2.75) is 32.1 Å². The number of fused-ring (bicyclic) bond motifs is 1. The number of ether oxygens (including phenoxy) is 2. The first-order chi connectivity index (χ1) is 14.0. The molecule has 6 nitrogen and oxygen atoms in total. The summed E-state index contributed by atoms with van der Waals surface area (Å²) >= 11 is 0. The average molecular weight is 394 g/mol. The molecule has 1 atom stereocenters. The van der Waals surface area contributed by atoms with Crippen molar-refractivity contribution in [1.82, 2.24) is 9.88 Å². The van der Waals surface area contributed by atoms with E-state index < -0.39 is 0 Å². The highest BCUT2D eigenvalue weighted by atomic mass is 16.5. The zero-order chi connectivity index (χ0) is 20.5. The van der Waals surface area contributed by atoms with Crippen LogP contribution < -0.4 is 9.47 Å². The largest absolute Gasteiger partial charge is 0.497 e. The van der Waals surface area contributed by atoms with Crippen molar-refractivity contribution in [1.29, 1.82) is 0 Å². The quantitative estimate of drug-likeness (QED) is 0.633. The molecule has 1 saturated heterocycles. The molecule has 1 aliphatic heterocycles. The summed E-state index contributed by atoms with van der Waals surface area (Å²) in [4.78, 5) is 19.5. The molecule has 0 saturated carbocycles. The molecule has 2 heterocycles. The maximum atomic E-state index is 13.1. The molecule has 0 aliphatic carbocycles. The smallest absolute Gasteiger partial charge is 0.253 e. The summed E-state index contributed by atoms with van der Waals surface area (Å²) in [6.07, 6.45) is 0.888. The second-order valence-electron chi connectivity index (χ2n) is 7.73. The summed E-state index contributed by atoms with van der Waals surface area (Å²) in [5.74, 6) is 2.76. The molecule has 2 aromatic carbocycles. The topological polar surface area (TPSA) is 64.8 Å². The molecule has 6 heteroatoms. The molecular formula is C23H26N2O4. The highest BCUT2D eigenvalue weighted by Gasteiger charge is 2.30. The number of aromatic nitrogens is 1. The fourth-order valence-electron chi connectivity index (χ4n) is 3.86. The standard InChI is InChI=1S/C23H26N2O4/c1-14(2)22-24-19-11-15(5-7-21(19)29-22)23(26)25-10-9-16(13-25)18-12-17(27-3)6-8-20(18)28-4/h5-8,11-12,14,16H,9-10,13H2,1-4H3/t16-/m0/s1. The van der Waals surface area contributed by atoms with Crippen molar-refractivity contribution in [2.75, 3.05) is 27.3 Å². The van der Waals surface area contributed by atoms with Crippen LogP contribution in [0.1, 0.15) is 53.9 Å². The lowest BCUT2D eigenvalue weighted by Crippen LogP contribution is -2.28. The zero-order valence-corrected chi connectivity index (χ0v) is 17.3. The van der Waals surface area contributed by atoms with E-state index in [9.17, 15) is 4.79 Å². The molecular weight excluding hydrogens is 368 g/mol. The van der Waals surface area contributed by atoms with E-state index >= 15 is 0 Å². The predicted octanol–water partition coefficient (Wildman–Crippen LogP) is 4.60. The minimum absolute atomic E-state index is 0.0189. The Hall–Kier alpha value is -3.02. The van der Waals surface area contributed by atoms with Gasteiger partial charge >= 0.3 is 0 Å². The van der Waals surface area contributed by atoms with Crippen molar-refractivity contribution in [3.8, 4) is 11.5 Å². The normalized spacial score (nSPS) is 16.6. The number of hydrogen-bond donors (Lipinski definition) is 0. The summed E-state index contributed by atoms with van der Waals surface area (Å²) in [7, 11) is 3.32. The molecule has 0 N–H and O–H groups in total. The number of rotatable bonds is 5. The van der Waals surface area contributed by atoms with Gasteiger partial charge in [-0.05, 0) is 42.8 Å². The molecule has 1 aliphatic rings. The van der Waals surface area contributed by atoms with Crippen LogP contribution in [0.2, 0.25) is 0 Å². The van der Waals surface area contributed by atoms with Gasteiger partial charge in [-0.1, -0.05) is 13.8 Å². The van der Waals surface area contributed by atoms with Crippen LogP contribution in [0.5, 0.6) is 11.5 Å². The summed E-state index contributed by atoms with van der Waals surface area (Å²) in [6.45, 7) is 5.43. The van der Waals surface area contributed by atoms with E-state index in [-0.39, 0.29) is 17.7 Å². The van der Waals surface area contributed by atoms with Gasteiger partial charge in [0.05, 0.1) is 14.2 Å². The third-order valence-corrected chi connectivity index (χ3v) is 5.50. The van der Waals surface area contributed by atoms with Crippen LogP contribution in [-0.2, 0) is 0 Å². The second-order valence-corrected chi connectivity index (χ2v) is 7.73. The predicted molar refractivity (Wildman–Crippen MR) is 111 cm³/mol. The van der Waals surface area contributed by atoms with Gasteiger partial charge in [-0.3, -0.25) is 4.79 Å². The van der Waals surface area contributed by atoms with Crippen LogP contribution in [0.15, 0.2) is 40.8 Å². The fraction of sp³-hybridized carbons (Fsp3) is 0.391. The Labute approximate surface area is 170 Å². The summed E-state index contributed by atoms with van der Waals surface area (Å²) < 4.78 is 16.6. The first-order valence-electron chi connectivity index (χ1n) is 9.92. The maximum absolute atomic E-state index is 13.1. The molecule has 1 amide bonds. The Morgan fingerprint density at radius 2 is 2.00 bits per heavy atom. The number of hydrogen-bond acceptors (Lipinski definition) is 5. The molecule has 152 valence electrons. The van der Waals surface area contributed by atoms with Crippen molar-refractivity contribution in [3.05, 3.63) is 53.4 Å². The molecule has 4 rings (SSSR count). The fourth-order valence-corrected chi connectivity index (χ4v) is 3.86. The third kappa shape index (κ3) is 3.67. The van der Waals surface area contributed by atoms with Gasteiger partial charge in [0.25, 0.3) is 5.91 Å². The summed E-state index contributed by atoms with van der Waals surface area (Å²) in [5.41, 5.74) is 3.16. The summed E-state index contributed by atoms with van der Waals surface area (Å²) in [6, 6.07) is 11.3. The van der Waals surface area contributed by atoms with E-state index in [0.717, 1.165) is 29.0 Å². The Morgan fingerprint density at radius 3 is 2.72 bits per heavy atom. The number of methoxy groups -OCH3 is 2. The van der Waals surface area contributed by atoms with Crippen LogP contribution in [0.25, 0.3) is 11.1 Å². The summed E-state index contributed by atoms with van der Waals surface area (Å²) in [5, 5.41) is 0. The second kappa shape index (κ2) is 7.78. The number of amides is 1. The molecule has 0 radical (unpaired) electrons. The Morgan fingerprint density at radius 1 is 1.17 bits per heavy atom. The van der Waals surface area contributed by atoms with Crippen LogP contribution >= 0.6 is 0 Å². The van der Waals surface area contributed by atoms with E-state index in [1.807, 2.05) is 55.1 Å². The lowest BCUT2D eigenvalue weighted by atomic mass is 9.97. The minimum atomic E-state index is 0.0189. The first kappa shape index (κ1) is 19.3. The number of benzene rings is 2. The van der Waals surface area contributed by atoms with Gasteiger partial charge in [0.1, 0.15) is 17.0 Å². The number of carbonyl (C=O) groups excluding carboxylic acids is 1. The Kier molecular flexibility index (Phi) is 5.18. The van der Waals surface area contributed by atoms with Crippen molar-refractivity contribution < 1.29 is 18.7 Å². The molecule has 0 spiro atoms. The number of carbonyl (C=O) groups is 1. The van der Waals surface area contributed by atoms with Crippen molar-refractivity contribution in [2.24, 2.45) is 0 Å². The van der Waals surface area contributed by atoms with Gasteiger partial charge in [0.15, 0.2) is 11.5 Å². The number of likely N-dealkylation sites (tertiary alicyclic amines) is 1. The van der Waals surface area contributed by atoms with Gasteiger partial charge in [-0.2, -0.15) is 0 Å². The van der Waals surface area contributed by atoms with E-state index in [1.54, 1.807) is 14.2 Å². The molecule has 29 heavy (non-hydrogen) atoms. The van der Waals surface area contributed by atoms with Gasteiger partial charge in [-0.15, -0.1) is 0 Å². The molecule has 0 unspecified atom stereocenters. The van der Waals surface area contributed by atoms with E-state index in [2.05, 4.69) is 4.98 Å². The molecule has 0 bridgehead atoms. The Balaban J connectivity index is 1.55. The van der Waals surface area contributed by atoms with Crippen LogP contribution in [0.3, 0.4) is 0 Å². The van der Waals surface area contributed by atoms with Crippen LogP contribution in [-0.4, -0.2) is 43.1 Å². The SMILES string of the molecule is COc1ccc(OC)c([C@H]2CCN(C(=O)c3ccc4oc(C(C)C)nc4c3)C2)c1. The molecule has 3 aromatic rings. The number of oxazole rings is 1. The van der Waals surface area contributed by atoms with E-state index in [1.165, 1.54) is 0 Å². The highest BCUT2D eigenvalue weighted by Crippen LogP contribution is 2.36. The van der Waals surface area contributed by atoms with E-state index in [0.29, 0.717) is 30.1 Å².